The van der Waals surface area contributed by atoms with Gasteiger partial charge in [0.25, 0.3) is 0 Å². The fourth-order valence-corrected chi connectivity index (χ4v) is 3.65. The molecular formula is C16H19N3OS. The molecule has 0 aliphatic heterocycles. The molecule has 21 heavy (non-hydrogen) atoms. The summed E-state index contributed by atoms with van der Waals surface area (Å²) in [5, 5.41) is 0.900. The van der Waals surface area contributed by atoms with E-state index in [-0.39, 0.29) is 11.2 Å². The largest absolute Gasteiger partial charge is 0.345 e. The average Bonchev–Trinajstić information content (AvgIpc) is 2.82. The van der Waals surface area contributed by atoms with E-state index in [2.05, 4.69) is 28.7 Å². The van der Waals surface area contributed by atoms with Gasteiger partial charge < -0.3 is 4.90 Å². The van der Waals surface area contributed by atoms with Gasteiger partial charge in [-0.05, 0) is 24.0 Å². The SMILES string of the molecule is CN(Cc1ccccn1)c1nc2c(s1)C(=O)CC(C)(C)C2. The molecule has 2 aromatic heterocycles. The van der Waals surface area contributed by atoms with Crippen LogP contribution in [0.3, 0.4) is 0 Å². The number of Topliss-reactive ketones (excluding diaryl/α,β-unsaturated/α-hetero) is 1. The third-order valence-corrected chi connectivity index (χ3v) is 4.93. The summed E-state index contributed by atoms with van der Waals surface area (Å²) >= 11 is 1.51. The number of hydrogen-bond donors (Lipinski definition) is 0. The van der Waals surface area contributed by atoms with Gasteiger partial charge in [-0.15, -0.1) is 0 Å². The molecule has 0 N–H and O–H groups in total. The zero-order valence-electron chi connectivity index (χ0n) is 12.6. The van der Waals surface area contributed by atoms with Crippen molar-refractivity contribution in [3.05, 3.63) is 40.7 Å². The second-order valence-electron chi connectivity index (χ2n) is 6.39. The van der Waals surface area contributed by atoms with Gasteiger partial charge in [0.15, 0.2) is 10.9 Å². The highest BCUT2D eigenvalue weighted by molar-refractivity contribution is 7.17. The average molecular weight is 301 g/mol. The van der Waals surface area contributed by atoms with Gasteiger partial charge in [-0.2, -0.15) is 0 Å². The number of aromatic nitrogens is 2. The Labute approximate surface area is 128 Å². The van der Waals surface area contributed by atoms with Crippen LogP contribution in [-0.2, 0) is 13.0 Å². The summed E-state index contributed by atoms with van der Waals surface area (Å²) in [6.45, 7) is 4.96. The van der Waals surface area contributed by atoms with Gasteiger partial charge in [-0.1, -0.05) is 31.3 Å². The fraction of sp³-hybridized carbons (Fsp3) is 0.438. The minimum Gasteiger partial charge on any atom is -0.345 e. The lowest BCUT2D eigenvalue weighted by Crippen LogP contribution is -2.26. The van der Waals surface area contributed by atoms with Crippen molar-refractivity contribution >= 4 is 22.3 Å². The molecule has 5 heteroatoms. The lowest BCUT2D eigenvalue weighted by molar-refractivity contribution is 0.0916. The Morgan fingerprint density at radius 1 is 1.33 bits per heavy atom. The first kappa shape index (κ1) is 14.2. The lowest BCUT2D eigenvalue weighted by atomic mass is 9.78. The summed E-state index contributed by atoms with van der Waals surface area (Å²) in [6.07, 6.45) is 3.29. The van der Waals surface area contributed by atoms with E-state index < -0.39 is 0 Å². The Morgan fingerprint density at radius 3 is 2.86 bits per heavy atom. The van der Waals surface area contributed by atoms with Crippen LogP contribution in [0, 0.1) is 5.41 Å². The third-order valence-electron chi connectivity index (χ3n) is 3.68. The molecule has 0 radical (unpaired) electrons. The molecule has 0 aromatic carbocycles. The smallest absolute Gasteiger partial charge is 0.186 e. The fourth-order valence-electron chi connectivity index (χ4n) is 2.67. The molecule has 0 saturated heterocycles. The van der Waals surface area contributed by atoms with Crippen LogP contribution in [0.5, 0.6) is 0 Å². The number of fused-ring (bicyclic) bond motifs is 1. The summed E-state index contributed by atoms with van der Waals surface area (Å²) < 4.78 is 0. The molecule has 0 atom stereocenters. The predicted octanol–water partition coefficient (Wildman–Crippen LogP) is 3.33. The first-order valence-corrected chi connectivity index (χ1v) is 7.90. The molecule has 0 spiro atoms. The standard InChI is InChI=1S/C16H19N3OS/c1-16(2)8-12-14(13(20)9-16)21-15(18-12)19(3)10-11-6-4-5-7-17-11/h4-7H,8-10H2,1-3H3. The molecule has 4 nitrogen and oxygen atoms in total. The summed E-state index contributed by atoms with van der Waals surface area (Å²) in [5.41, 5.74) is 1.98. The minimum atomic E-state index is 0.0228. The first-order valence-electron chi connectivity index (χ1n) is 7.08. The van der Waals surface area contributed by atoms with Crippen LogP contribution in [0.1, 0.15) is 41.3 Å². The molecule has 0 bridgehead atoms. The molecule has 1 aliphatic carbocycles. The van der Waals surface area contributed by atoms with Gasteiger partial charge in [0.2, 0.25) is 0 Å². The summed E-state index contributed by atoms with van der Waals surface area (Å²) in [4.78, 5) is 24.2. The van der Waals surface area contributed by atoms with Crippen LogP contribution < -0.4 is 4.90 Å². The van der Waals surface area contributed by atoms with Gasteiger partial charge in [-0.25, -0.2) is 4.98 Å². The second kappa shape index (κ2) is 5.22. The van der Waals surface area contributed by atoms with Crippen LogP contribution in [-0.4, -0.2) is 22.8 Å². The van der Waals surface area contributed by atoms with Crippen molar-refractivity contribution in [1.29, 1.82) is 0 Å². The normalized spacial score (nSPS) is 16.6. The van der Waals surface area contributed by atoms with Gasteiger partial charge in [-0.3, -0.25) is 9.78 Å². The quantitative estimate of drug-likeness (QED) is 0.872. The van der Waals surface area contributed by atoms with E-state index in [1.807, 2.05) is 25.2 Å². The van der Waals surface area contributed by atoms with E-state index in [0.29, 0.717) is 13.0 Å². The first-order chi connectivity index (χ1) is 9.94. The summed E-state index contributed by atoms with van der Waals surface area (Å²) in [5.74, 6) is 0.233. The van der Waals surface area contributed by atoms with Crippen LogP contribution in [0.4, 0.5) is 5.13 Å². The van der Waals surface area contributed by atoms with Gasteiger partial charge >= 0.3 is 0 Å². The molecule has 0 amide bonds. The van der Waals surface area contributed by atoms with E-state index >= 15 is 0 Å². The molecule has 2 aromatic rings. The van der Waals surface area contributed by atoms with Crippen LogP contribution in [0.25, 0.3) is 0 Å². The number of ketones is 1. The topological polar surface area (TPSA) is 46.1 Å². The van der Waals surface area contributed by atoms with Gasteiger partial charge in [0.1, 0.15) is 0 Å². The van der Waals surface area contributed by atoms with Gasteiger partial charge in [0.05, 0.1) is 22.8 Å². The second-order valence-corrected chi connectivity index (χ2v) is 7.37. The number of rotatable bonds is 3. The van der Waals surface area contributed by atoms with E-state index in [1.165, 1.54) is 11.3 Å². The van der Waals surface area contributed by atoms with Gasteiger partial charge in [0, 0.05) is 19.7 Å². The van der Waals surface area contributed by atoms with Crippen LogP contribution in [0.2, 0.25) is 0 Å². The Kier molecular flexibility index (Phi) is 3.53. The number of anilines is 1. The molecule has 2 heterocycles. The molecule has 3 rings (SSSR count). The maximum Gasteiger partial charge on any atom is 0.186 e. The highest BCUT2D eigenvalue weighted by Gasteiger charge is 2.34. The van der Waals surface area contributed by atoms with Crippen molar-refractivity contribution < 1.29 is 4.79 Å². The van der Waals surface area contributed by atoms with Crippen molar-refractivity contribution in [1.82, 2.24) is 9.97 Å². The van der Waals surface area contributed by atoms with Crippen LogP contribution >= 0.6 is 11.3 Å². The number of thiazole rings is 1. The summed E-state index contributed by atoms with van der Waals surface area (Å²) in [6, 6.07) is 5.89. The minimum absolute atomic E-state index is 0.0228. The number of carbonyl (C=O) groups is 1. The van der Waals surface area contributed by atoms with E-state index in [1.54, 1.807) is 6.20 Å². The Morgan fingerprint density at radius 2 is 2.14 bits per heavy atom. The highest BCUT2D eigenvalue weighted by atomic mass is 32.1. The number of pyridine rings is 1. The number of hydrogen-bond acceptors (Lipinski definition) is 5. The van der Waals surface area contributed by atoms with Crippen molar-refractivity contribution in [3.63, 3.8) is 0 Å². The number of carbonyl (C=O) groups excluding carboxylic acids is 1. The van der Waals surface area contributed by atoms with E-state index in [0.717, 1.165) is 27.8 Å². The van der Waals surface area contributed by atoms with Crippen LogP contribution in [0.15, 0.2) is 24.4 Å². The molecule has 1 aliphatic rings. The monoisotopic (exact) mass is 301 g/mol. The zero-order valence-corrected chi connectivity index (χ0v) is 13.4. The maximum atomic E-state index is 12.2. The van der Waals surface area contributed by atoms with Crippen molar-refractivity contribution in [2.45, 2.75) is 33.2 Å². The highest BCUT2D eigenvalue weighted by Crippen LogP contribution is 2.39. The van der Waals surface area contributed by atoms with Crippen molar-refractivity contribution in [2.24, 2.45) is 5.41 Å². The Hall–Kier alpha value is -1.75. The third kappa shape index (κ3) is 2.97. The lowest BCUT2D eigenvalue weighted by Gasteiger charge is -2.26. The predicted molar refractivity (Wildman–Crippen MR) is 84.9 cm³/mol. The molecule has 0 saturated carbocycles. The maximum absolute atomic E-state index is 12.2. The molecule has 110 valence electrons. The molecular weight excluding hydrogens is 282 g/mol. The zero-order chi connectivity index (χ0) is 15.0. The summed E-state index contributed by atoms with van der Waals surface area (Å²) in [7, 11) is 1.99. The van der Waals surface area contributed by atoms with Crippen molar-refractivity contribution in [2.75, 3.05) is 11.9 Å². The Balaban J connectivity index is 1.83. The molecule has 0 fully saturated rings. The Bertz CT molecular complexity index is 663. The number of nitrogens with zero attached hydrogens (tertiary/aromatic N) is 3. The van der Waals surface area contributed by atoms with E-state index in [4.69, 9.17) is 0 Å². The van der Waals surface area contributed by atoms with E-state index in [9.17, 15) is 4.79 Å². The van der Waals surface area contributed by atoms with Crippen molar-refractivity contribution in [3.8, 4) is 0 Å². The molecule has 0 unspecified atom stereocenters.